The third-order valence-electron chi connectivity index (χ3n) is 4.71. The molecule has 1 heterocycles. The molecule has 0 atom stereocenters. The van der Waals surface area contributed by atoms with E-state index in [1.54, 1.807) is 0 Å². The molecule has 2 fully saturated rings. The Morgan fingerprint density at radius 2 is 1.83 bits per heavy atom. The average Bonchev–Trinajstić information content (AvgIpc) is 2.40. The van der Waals surface area contributed by atoms with E-state index in [1.807, 2.05) is 0 Å². The van der Waals surface area contributed by atoms with Crippen molar-refractivity contribution in [2.45, 2.75) is 57.5 Å². The number of rotatable bonds is 5. The first-order chi connectivity index (χ1) is 8.68. The summed E-state index contributed by atoms with van der Waals surface area (Å²) in [6.45, 7) is 7.79. The van der Waals surface area contributed by atoms with Gasteiger partial charge in [-0.1, -0.05) is 13.3 Å². The Hall–Kier alpha value is -0.120. The Morgan fingerprint density at radius 3 is 2.50 bits per heavy atom. The van der Waals surface area contributed by atoms with Gasteiger partial charge in [0.05, 0.1) is 5.60 Å². The molecule has 0 amide bonds. The molecule has 0 unspecified atom stereocenters. The summed E-state index contributed by atoms with van der Waals surface area (Å²) in [6, 6.07) is 0. The molecule has 106 valence electrons. The standard InChI is InChI=1S/C15H30N2O/c1-14-5-7-15(18,8-6-14)13-16-9-12-17-10-3-2-4-11-17/h14,16,18H,2-13H2,1H3. The van der Waals surface area contributed by atoms with Gasteiger partial charge in [0.25, 0.3) is 0 Å². The lowest BCUT2D eigenvalue weighted by molar-refractivity contribution is -0.00633. The molecule has 1 aliphatic heterocycles. The lowest BCUT2D eigenvalue weighted by Crippen LogP contribution is -2.45. The molecule has 1 aliphatic carbocycles. The van der Waals surface area contributed by atoms with E-state index in [4.69, 9.17) is 0 Å². The minimum absolute atomic E-state index is 0.422. The molecule has 3 nitrogen and oxygen atoms in total. The number of nitrogens with zero attached hydrogens (tertiary/aromatic N) is 1. The van der Waals surface area contributed by atoms with E-state index in [-0.39, 0.29) is 0 Å². The third kappa shape index (κ3) is 4.52. The van der Waals surface area contributed by atoms with Crippen LogP contribution in [0, 0.1) is 5.92 Å². The average molecular weight is 254 g/mol. The van der Waals surface area contributed by atoms with E-state index in [9.17, 15) is 5.11 Å². The van der Waals surface area contributed by atoms with Crippen LogP contribution < -0.4 is 5.32 Å². The Balaban J connectivity index is 1.57. The SMILES string of the molecule is CC1CCC(O)(CNCCN2CCCCC2)CC1. The van der Waals surface area contributed by atoms with E-state index < -0.39 is 5.60 Å². The molecule has 0 aromatic rings. The van der Waals surface area contributed by atoms with Crippen LogP contribution in [0.5, 0.6) is 0 Å². The number of hydrogen-bond donors (Lipinski definition) is 2. The minimum atomic E-state index is -0.422. The van der Waals surface area contributed by atoms with Gasteiger partial charge in [-0.2, -0.15) is 0 Å². The van der Waals surface area contributed by atoms with Crippen LogP contribution in [-0.4, -0.2) is 48.3 Å². The highest BCUT2D eigenvalue weighted by atomic mass is 16.3. The summed E-state index contributed by atoms with van der Waals surface area (Å²) in [4.78, 5) is 2.55. The quantitative estimate of drug-likeness (QED) is 0.737. The molecule has 0 aromatic carbocycles. The van der Waals surface area contributed by atoms with E-state index in [2.05, 4.69) is 17.1 Å². The molecule has 2 N–H and O–H groups in total. The maximum atomic E-state index is 10.4. The van der Waals surface area contributed by atoms with Crippen molar-refractivity contribution < 1.29 is 5.11 Å². The summed E-state index contributed by atoms with van der Waals surface area (Å²) in [5.74, 6) is 0.804. The second-order valence-corrected chi connectivity index (χ2v) is 6.49. The highest BCUT2D eigenvalue weighted by molar-refractivity contribution is 4.86. The number of hydrogen-bond acceptors (Lipinski definition) is 3. The van der Waals surface area contributed by atoms with Gasteiger partial charge in [0.15, 0.2) is 0 Å². The molecule has 0 bridgehead atoms. The molecule has 3 heteroatoms. The van der Waals surface area contributed by atoms with Gasteiger partial charge in [0.2, 0.25) is 0 Å². The molecule has 0 spiro atoms. The molecule has 2 aliphatic rings. The Labute approximate surface area is 112 Å². The summed E-state index contributed by atoms with van der Waals surface area (Å²) < 4.78 is 0. The lowest BCUT2D eigenvalue weighted by atomic mass is 9.79. The molecule has 18 heavy (non-hydrogen) atoms. The first-order valence-corrected chi connectivity index (χ1v) is 7.83. The van der Waals surface area contributed by atoms with Crippen molar-refractivity contribution in [1.82, 2.24) is 10.2 Å². The maximum absolute atomic E-state index is 10.4. The fourth-order valence-corrected chi connectivity index (χ4v) is 3.22. The smallest absolute Gasteiger partial charge is 0.0771 e. The Morgan fingerprint density at radius 1 is 1.17 bits per heavy atom. The van der Waals surface area contributed by atoms with E-state index in [1.165, 1.54) is 45.2 Å². The van der Waals surface area contributed by atoms with Gasteiger partial charge < -0.3 is 15.3 Å². The fourth-order valence-electron chi connectivity index (χ4n) is 3.22. The number of piperidine rings is 1. The Kier molecular flexibility index (Phi) is 5.46. The van der Waals surface area contributed by atoms with E-state index in [0.717, 1.165) is 38.4 Å². The van der Waals surface area contributed by atoms with Crippen molar-refractivity contribution in [3.8, 4) is 0 Å². The summed E-state index contributed by atoms with van der Waals surface area (Å²) in [6.07, 6.45) is 8.45. The largest absolute Gasteiger partial charge is 0.389 e. The fraction of sp³-hybridized carbons (Fsp3) is 1.00. The van der Waals surface area contributed by atoms with Crippen molar-refractivity contribution in [3.63, 3.8) is 0 Å². The predicted molar refractivity (Wildman–Crippen MR) is 75.7 cm³/mol. The molecular formula is C15H30N2O. The highest BCUT2D eigenvalue weighted by Crippen LogP contribution is 2.31. The molecule has 1 saturated carbocycles. The normalized spacial score (nSPS) is 34.7. The van der Waals surface area contributed by atoms with Crippen molar-refractivity contribution in [1.29, 1.82) is 0 Å². The van der Waals surface area contributed by atoms with Gasteiger partial charge in [-0.15, -0.1) is 0 Å². The van der Waals surface area contributed by atoms with Gasteiger partial charge in [0, 0.05) is 19.6 Å². The summed E-state index contributed by atoms with van der Waals surface area (Å²) in [7, 11) is 0. The van der Waals surface area contributed by atoms with Gasteiger partial charge in [-0.05, 0) is 57.5 Å². The van der Waals surface area contributed by atoms with Crippen molar-refractivity contribution in [2.75, 3.05) is 32.7 Å². The second-order valence-electron chi connectivity index (χ2n) is 6.49. The Bertz CT molecular complexity index is 231. The van der Waals surface area contributed by atoms with Gasteiger partial charge in [-0.3, -0.25) is 0 Å². The molecule has 0 radical (unpaired) electrons. The second kappa shape index (κ2) is 6.88. The summed E-state index contributed by atoms with van der Waals surface area (Å²) in [5, 5.41) is 13.9. The van der Waals surface area contributed by atoms with E-state index in [0.29, 0.717) is 0 Å². The lowest BCUT2D eigenvalue weighted by Gasteiger charge is -2.35. The zero-order chi connectivity index (χ0) is 12.8. The van der Waals surface area contributed by atoms with Crippen LogP contribution in [0.2, 0.25) is 0 Å². The number of likely N-dealkylation sites (tertiary alicyclic amines) is 1. The van der Waals surface area contributed by atoms with Crippen molar-refractivity contribution >= 4 is 0 Å². The van der Waals surface area contributed by atoms with Gasteiger partial charge in [-0.25, -0.2) is 0 Å². The van der Waals surface area contributed by atoms with Crippen LogP contribution in [0.4, 0.5) is 0 Å². The summed E-state index contributed by atoms with van der Waals surface area (Å²) >= 11 is 0. The van der Waals surface area contributed by atoms with Crippen LogP contribution in [0.3, 0.4) is 0 Å². The van der Waals surface area contributed by atoms with Gasteiger partial charge in [0.1, 0.15) is 0 Å². The first kappa shape index (κ1) is 14.3. The molecular weight excluding hydrogens is 224 g/mol. The first-order valence-electron chi connectivity index (χ1n) is 7.83. The van der Waals surface area contributed by atoms with Crippen LogP contribution in [0.1, 0.15) is 51.9 Å². The topological polar surface area (TPSA) is 35.5 Å². The zero-order valence-corrected chi connectivity index (χ0v) is 12.0. The van der Waals surface area contributed by atoms with Crippen LogP contribution in [0.15, 0.2) is 0 Å². The monoisotopic (exact) mass is 254 g/mol. The molecule has 1 saturated heterocycles. The van der Waals surface area contributed by atoms with Crippen LogP contribution in [0.25, 0.3) is 0 Å². The molecule has 2 rings (SSSR count). The van der Waals surface area contributed by atoms with Crippen LogP contribution >= 0.6 is 0 Å². The third-order valence-corrected chi connectivity index (χ3v) is 4.71. The van der Waals surface area contributed by atoms with Crippen molar-refractivity contribution in [3.05, 3.63) is 0 Å². The van der Waals surface area contributed by atoms with Gasteiger partial charge >= 0.3 is 0 Å². The predicted octanol–water partition coefficient (Wildman–Crippen LogP) is 2.00. The zero-order valence-electron chi connectivity index (χ0n) is 12.0. The number of nitrogens with one attached hydrogen (secondary N) is 1. The number of aliphatic hydroxyl groups is 1. The highest BCUT2D eigenvalue weighted by Gasteiger charge is 2.31. The van der Waals surface area contributed by atoms with Crippen molar-refractivity contribution in [2.24, 2.45) is 5.92 Å². The minimum Gasteiger partial charge on any atom is -0.389 e. The maximum Gasteiger partial charge on any atom is 0.0771 e. The molecule has 0 aromatic heterocycles. The van der Waals surface area contributed by atoms with Crippen LogP contribution in [-0.2, 0) is 0 Å². The summed E-state index contributed by atoms with van der Waals surface area (Å²) in [5.41, 5.74) is -0.422. The van der Waals surface area contributed by atoms with E-state index >= 15 is 0 Å².